The van der Waals surface area contributed by atoms with Crippen LogP contribution < -0.4 is 5.14 Å². The van der Waals surface area contributed by atoms with E-state index in [1.165, 1.54) is 4.68 Å². The lowest BCUT2D eigenvalue weighted by molar-refractivity contribution is 0.563. The molecule has 1 heterocycles. The number of benzene rings is 1. The lowest BCUT2D eigenvalue weighted by atomic mass is 10.2. The molecule has 0 saturated heterocycles. The highest BCUT2D eigenvalue weighted by atomic mass is 35.5. The summed E-state index contributed by atoms with van der Waals surface area (Å²) in [4.78, 5) is 0. The van der Waals surface area contributed by atoms with Crippen LogP contribution in [0.2, 0.25) is 5.02 Å². The maximum Gasteiger partial charge on any atom is 0.256 e. The first-order chi connectivity index (χ1) is 9.32. The Morgan fingerprint density at radius 2 is 2.00 bits per heavy atom. The molecule has 2 N–H and O–H groups in total. The van der Waals surface area contributed by atoms with Crippen molar-refractivity contribution < 1.29 is 8.42 Å². The minimum atomic E-state index is -4.03. The van der Waals surface area contributed by atoms with Gasteiger partial charge in [0.2, 0.25) is 0 Å². The van der Waals surface area contributed by atoms with E-state index in [-0.39, 0.29) is 17.1 Å². The van der Waals surface area contributed by atoms with E-state index in [4.69, 9.17) is 22.0 Å². The number of rotatable bonds is 3. The molecule has 6 nitrogen and oxygen atoms in total. The molecule has 2 rings (SSSR count). The number of sulfonamides is 1. The second-order valence-corrected chi connectivity index (χ2v) is 6.12. The highest BCUT2D eigenvalue weighted by Crippen LogP contribution is 2.19. The summed E-state index contributed by atoms with van der Waals surface area (Å²) in [6.45, 7) is 1.75. The van der Waals surface area contributed by atoms with E-state index in [2.05, 4.69) is 5.10 Å². The van der Waals surface area contributed by atoms with Crippen LogP contribution >= 0.6 is 11.6 Å². The zero-order valence-electron chi connectivity index (χ0n) is 10.5. The number of aromatic nitrogens is 2. The van der Waals surface area contributed by atoms with E-state index in [1.54, 1.807) is 31.2 Å². The van der Waals surface area contributed by atoms with Crippen LogP contribution in [0.5, 0.6) is 0 Å². The Morgan fingerprint density at radius 1 is 1.40 bits per heavy atom. The average molecular weight is 311 g/mol. The normalized spacial score (nSPS) is 11.3. The molecule has 0 aliphatic rings. The molecule has 1 aromatic heterocycles. The molecule has 20 heavy (non-hydrogen) atoms. The van der Waals surface area contributed by atoms with E-state index < -0.39 is 10.0 Å². The van der Waals surface area contributed by atoms with Crippen molar-refractivity contribution >= 4 is 21.6 Å². The Labute approximate surface area is 121 Å². The monoisotopic (exact) mass is 310 g/mol. The van der Waals surface area contributed by atoms with Gasteiger partial charge in [0.15, 0.2) is 5.03 Å². The van der Waals surface area contributed by atoms with Crippen LogP contribution in [0.1, 0.15) is 16.8 Å². The molecule has 0 unspecified atom stereocenters. The van der Waals surface area contributed by atoms with Crippen molar-refractivity contribution in [3.63, 3.8) is 0 Å². The Hall–Kier alpha value is -1.88. The van der Waals surface area contributed by atoms with Crippen molar-refractivity contribution in [2.75, 3.05) is 0 Å². The predicted octanol–water partition coefficient (Wildman–Crippen LogP) is 1.41. The number of primary sulfonamides is 1. The highest BCUT2D eigenvalue weighted by molar-refractivity contribution is 7.89. The van der Waals surface area contributed by atoms with Crippen molar-refractivity contribution in [3.8, 4) is 6.07 Å². The summed E-state index contributed by atoms with van der Waals surface area (Å²) in [5, 5.41) is 18.6. The third kappa shape index (κ3) is 2.82. The van der Waals surface area contributed by atoms with Crippen molar-refractivity contribution in [1.29, 1.82) is 5.26 Å². The zero-order valence-corrected chi connectivity index (χ0v) is 12.1. The number of halogens is 1. The Balaban J connectivity index is 2.53. The molecule has 1 aromatic carbocycles. The molecular weight excluding hydrogens is 300 g/mol. The molecule has 0 saturated carbocycles. The lowest BCUT2D eigenvalue weighted by Crippen LogP contribution is -2.19. The molecule has 2 aromatic rings. The molecule has 8 heteroatoms. The van der Waals surface area contributed by atoms with Crippen molar-refractivity contribution in [2.45, 2.75) is 18.5 Å². The number of nitrogens with zero attached hydrogens (tertiary/aromatic N) is 3. The molecule has 0 bridgehead atoms. The molecule has 0 aliphatic heterocycles. The Kier molecular flexibility index (Phi) is 3.81. The average Bonchev–Trinajstić information content (AvgIpc) is 2.67. The van der Waals surface area contributed by atoms with Crippen molar-refractivity contribution in [3.05, 3.63) is 46.1 Å². The molecule has 0 aliphatic carbocycles. The number of nitriles is 1. The largest absolute Gasteiger partial charge is 0.256 e. The minimum Gasteiger partial charge on any atom is -0.247 e. The first-order valence-corrected chi connectivity index (χ1v) is 7.50. The van der Waals surface area contributed by atoms with Gasteiger partial charge in [0.05, 0.1) is 12.2 Å². The summed E-state index contributed by atoms with van der Waals surface area (Å²) >= 11 is 5.79. The topological polar surface area (TPSA) is 102 Å². The van der Waals surface area contributed by atoms with Gasteiger partial charge in [0.1, 0.15) is 11.6 Å². The first-order valence-electron chi connectivity index (χ1n) is 5.57. The summed E-state index contributed by atoms with van der Waals surface area (Å²) in [7, 11) is -4.03. The fourth-order valence-corrected chi connectivity index (χ4v) is 2.85. The fraction of sp³-hybridized carbons (Fsp3) is 0.167. The van der Waals surface area contributed by atoms with E-state index in [9.17, 15) is 8.42 Å². The van der Waals surface area contributed by atoms with Crippen molar-refractivity contribution in [1.82, 2.24) is 9.78 Å². The number of hydrogen-bond acceptors (Lipinski definition) is 4. The fourth-order valence-electron chi connectivity index (χ4n) is 1.85. The minimum absolute atomic E-state index is 0.0264. The maximum atomic E-state index is 11.6. The predicted molar refractivity (Wildman–Crippen MR) is 73.6 cm³/mol. The molecule has 0 radical (unpaired) electrons. The SMILES string of the molecule is Cc1nn(Cc2ccc(Cl)cc2)c(S(N)(=O)=O)c1C#N. The van der Waals surface area contributed by atoms with Crippen LogP contribution in [0.4, 0.5) is 0 Å². The molecular formula is C12H11ClN4O2S. The summed E-state index contributed by atoms with van der Waals surface area (Å²) in [6, 6.07) is 8.70. The van der Waals surface area contributed by atoms with Crippen LogP contribution in [0.15, 0.2) is 29.3 Å². The van der Waals surface area contributed by atoms with Gasteiger partial charge in [0, 0.05) is 5.02 Å². The molecule has 104 valence electrons. The highest BCUT2D eigenvalue weighted by Gasteiger charge is 2.24. The van der Waals surface area contributed by atoms with Gasteiger partial charge in [0.25, 0.3) is 10.0 Å². The van der Waals surface area contributed by atoms with Gasteiger partial charge in [-0.1, -0.05) is 23.7 Å². The summed E-state index contributed by atoms with van der Waals surface area (Å²) in [6.07, 6.45) is 0. The summed E-state index contributed by atoms with van der Waals surface area (Å²) < 4.78 is 24.5. The molecule has 0 fully saturated rings. The number of nitrogens with two attached hydrogens (primary N) is 1. The second kappa shape index (κ2) is 5.25. The van der Waals surface area contributed by atoms with Crippen molar-refractivity contribution in [2.24, 2.45) is 5.14 Å². The van der Waals surface area contributed by atoms with E-state index in [1.807, 2.05) is 6.07 Å². The standard InChI is InChI=1S/C12H11ClN4O2S/c1-8-11(6-14)12(20(15,18)19)17(16-8)7-9-2-4-10(13)5-3-9/h2-5H,7H2,1H3,(H2,15,18,19). The summed E-state index contributed by atoms with van der Waals surface area (Å²) in [5.74, 6) is 0. The first kappa shape index (κ1) is 14.5. The molecule has 0 spiro atoms. The smallest absolute Gasteiger partial charge is 0.247 e. The van der Waals surface area contributed by atoms with Crippen LogP contribution in [0.25, 0.3) is 0 Å². The third-order valence-corrected chi connectivity index (χ3v) is 3.91. The van der Waals surface area contributed by atoms with Gasteiger partial charge in [-0.2, -0.15) is 10.4 Å². The van der Waals surface area contributed by atoms with Crippen LogP contribution in [0.3, 0.4) is 0 Å². The van der Waals surface area contributed by atoms with Gasteiger partial charge in [-0.05, 0) is 24.6 Å². The third-order valence-electron chi connectivity index (χ3n) is 2.71. The van der Waals surface area contributed by atoms with Crippen LogP contribution in [-0.2, 0) is 16.6 Å². The van der Waals surface area contributed by atoms with Gasteiger partial charge < -0.3 is 0 Å². The van der Waals surface area contributed by atoms with Crippen LogP contribution in [0, 0.1) is 18.3 Å². The zero-order chi connectivity index (χ0) is 14.9. The quantitative estimate of drug-likeness (QED) is 0.926. The van der Waals surface area contributed by atoms with Gasteiger partial charge in [-0.3, -0.25) is 0 Å². The Bertz CT molecular complexity index is 788. The van der Waals surface area contributed by atoms with E-state index in [0.29, 0.717) is 10.7 Å². The lowest BCUT2D eigenvalue weighted by Gasteiger charge is -2.06. The number of aryl methyl sites for hydroxylation is 1. The number of hydrogen-bond donors (Lipinski definition) is 1. The Morgan fingerprint density at radius 3 is 2.50 bits per heavy atom. The summed E-state index contributed by atoms with van der Waals surface area (Å²) in [5.41, 5.74) is 1.10. The van der Waals surface area contributed by atoms with Gasteiger partial charge >= 0.3 is 0 Å². The van der Waals surface area contributed by atoms with Gasteiger partial charge in [-0.15, -0.1) is 0 Å². The van der Waals surface area contributed by atoms with E-state index >= 15 is 0 Å². The molecule has 0 amide bonds. The maximum absolute atomic E-state index is 11.6. The van der Waals surface area contributed by atoms with E-state index in [0.717, 1.165) is 5.56 Å². The van der Waals surface area contributed by atoms with Crippen LogP contribution in [-0.4, -0.2) is 18.2 Å². The van der Waals surface area contributed by atoms with Gasteiger partial charge in [-0.25, -0.2) is 18.2 Å². The molecule has 0 atom stereocenters. The second-order valence-electron chi connectivity index (χ2n) is 4.21.